The minimum atomic E-state index is -0.422. The molecule has 1 saturated carbocycles. The maximum absolute atomic E-state index is 12.9. The Balaban J connectivity index is 1.37. The molecule has 2 N–H and O–H groups in total. The quantitative estimate of drug-likeness (QED) is 0.686. The average Bonchev–Trinajstić information content (AvgIpc) is 3.12. The summed E-state index contributed by atoms with van der Waals surface area (Å²) in [7, 11) is 0. The molecule has 1 aliphatic carbocycles. The van der Waals surface area contributed by atoms with Gasteiger partial charge in [0.05, 0.1) is 5.41 Å². The number of benzene rings is 1. The second-order valence-corrected chi connectivity index (χ2v) is 7.23. The van der Waals surface area contributed by atoms with Crippen LogP contribution in [0.5, 0.6) is 0 Å². The summed E-state index contributed by atoms with van der Waals surface area (Å²) in [6, 6.07) is 11.3. The van der Waals surface area contributed by atoms with Crippen LogP contribution in [0.3, 0.4) is 0 Å². The predicted molar refractivity (Wildman–Crippen MR) is 103 cm³/mol. The largest absolute Gasteiger partial charge is 0.355 e. The third kappa shape index (κ3) is 3.57. The van der Waals surface area contributed by atoms with Crippen LogP contribution >= 0.6 is 11.6 Å². The van der Waals surface area contributed by atoms with Crippen molar-refractivity contribution in [1.29, 1.82) is 0 Å². The molecule has 0 radical (unpaired) electrons. The fraction of sp³-hybridized carbons (Fsp3) is 0.300. The zero-order valence-corrected chi connectivity index (χ0v) is 15.5. The number of aromatic nitrogens is 4. The Morgan fingerprint density at radius 1 is 1.15 bits per heavy atom. The van der Waals surface area contributed by atoms with Gasteiger partial charge < -0.3 is 5.32 Å². The molecule has 4 rings (SSSR count). The molecule has 2 aromatic heterocycles. The van der Waals surface area contributed by atoms with E-state index in [-0.39, 0.29) is 5.91 Å². The Morgan fingerprint density at radius 3 is 2.56 bits per heavy atom. The fourth-order valence-corrected chi connectivity index (χ4v) is 3.57. The van der Waals surface area contributed by atoms with Gasteiger partial charge in [0.15, 0.2) is 5.82 Å². The smallest absolute Gasteiger partial charge is 0.230 e. The Bertz CT molecular complexity index is 919. The van der Waals surface area contributed by atoms with E-state index in [1.165, 1.54) is 0 Å². The Hall–Kier alpha value is -2.73. The highest BCUT2D eigenvalue weighted by atomic mass is 35.5. The molecule has 138 valence electrons. The molecule has 3 aromatic rings. The van der Waals surface area contributed by atoms with Gasteiger partial charge in [-0.05, 0) is 42.7 Å². The minimum absolute atomic E-state index is 0.0740. The third-order valence-corrected chi connectivity index (χ3v) is 5.41. The molecule has 0 aliphatic heterocycles. The lowest BCUT2D eigenvalue weighted by molar-refractivity contribution is -0.129. The monoisotopic (exact) mass is 381 g/mol. The van der Waals surface area contributed by atoms with Crippen LogP contribution in [-0.2, 0) is 16.6 Å². The van der Waals surface area contributed by atoms with Crippen molar-refractivity contribution in [1.82, 2.24) is 25.5 Å². The lowest BCUT2D eigenvalue weighted by Crippen LogP contribution is -2.49. The number of halogens is 1. The predicted octanol–water partition coefficient (Wildman–Crippen LogP) is 3.30. The van der Waals surface area contributed by atoms with Crippen molar-refractivity contribution >= 4 is 17.5 Å². The van der Waals surface area contributed by atoms with Gasteiger partial charge in [0.1, 0.15) is 5.82 Å². The standard InChI is InChI=1S/C20H20ClN5O/c21-16-4-2-15(3-5-16)20(9-1-10-20)19(27)23-13-8-17-24-18(26-25-17)14-6-11-22-12-7-14/h2-7,11-12H,1,8-10,13H2,(H,23,27)(H,24,25,26). The summed E-state index contributed by atoms with van der Waals surface area (Å²) in [4.78, 5) is 21.3. The molecular weight excluding hydrogens is 362 g/mol. The zero-order chi connectivity index (χ0) is 18.7. The number of nitrogens with one attached hydrogen (secondary N) is 2. The molecule has 0 saturated heterocycles. The number of pyridine rings is 1. The summed E-state index contributed by atoms with van der Waals surface area (Å²) in [6.45, 7) is 0.513. The summed E-state index contributed by atoms with van der Waals surface area (Å²) >= 11 is 5.98. The van der Waals surface area contributed by atoms with E-state index in [4.69, 9.17) is 11.6 Å². The molecule has 7 heteroatoms. The van der Waals surface area contributed by atoms with Gasteiger partial charge in [0, 0.05) is 35.9 Å². The maximum Gasteiger partial charge on any atom is 0.230 e. The molecule has 0 bridgehead atoms. The van der Waals surface area contributed by atoms with Gasteiger partial charge in [-0.3, -0.25) is 14.9 Å². The lowest BCUT2D eigenvalue weighted by atomic mass is 9.64. The zero-order valence-electron chi connectivity index (χ0n) is 14.8. The molecule has 1 amide bonds. The molecule has 6 nitrogen and oxygen atoms in total. The number of carbonyl (C=O) groups excluding carboxylic acids is 1. The number of hydrogen-bond donors (Lipinski definition) is 2. The van der Waals surface area contributed by atoms with Gasteiger partial charge in [-0.2, -0.15) is 5.10 Å². The number of aromatic amines is 1. The first-order valence-corrected chi connectivity index (χ1v) is 9.41. The number of carbonyl (C=O) groups is 1. The van der Waals surface area contributed by atoms with E-state index in [1.54, 1.807) is 12.4 Å². The first kappa shape index (κ1) is 17.7. The molecule has 0 unspecified atom stereocenters. The van der Waals surface area contributed by atoms with Crippen LogP contribution in [0, 0.1) is 0 Å². The Morgan fingerprint density at radius 2 is 1.89 bits per heavy atom. The number of nitrogens with zero attached hydrogens (tertiary/aromatic N) is 3. The molecular formula is C20H20ClN5O. The van der Waals surface area contributed by atoms with Crippen LogP contribution in [0.2, 0.25) is 5.02 Å². The summed E-state index contributed by atoms with van der Waals surface area (Å²) in [5.41, 5.74) is 1.52. The van der Waals surface area contributed by atoms with Crippen LogP contribution in [0.1, 0.15) is 30.7 Å². The van der Waals surface area contributed by atoms with Crippen LogP contribution in [-0.4, -0.2) is 32.6 Å². The van der Waals surface area contributed by atoms with Crippen LogP contribution < -0.4 is 5.32 Å². The van der Waals surface area contributed by atoms with Crippen molar-refractivity contribution in [3.05, 3.63) is 65.2 Å². The van der Waals surface area contributed by atoms with Crippen molar-refractivity contribution in [2.75, 3.05) is 6.54 Å². The van der Waals surface area contributed by atoms with E-state index < -0.39 is 5.41 Å². The maximum atomic E-state index is 12.9. The number of rotatable bonds is 6. The van der Waals surface area contributed by atoms with Gasteiger partial charge in [-0.25, -0.2) is 4.98 Å². The highest BCUT2D eigenvalue weighted by Crippen LogP contribution is 2.44. The molecule has 0 atom stereocenters. The van der Waals surface area contributed by atoms with Crippen LogP contribution in [0.15, 0.2) is 48.8 Å². The average molecular weight is 382 g/mol. The third-order valence-electron chi connectivity index (χ3n) is 5.16. The first-order valence-electron chi connectivity index (χ1n) is 9.03. The van der Waals surface area contributed by atoms with Gasteiger partial charge in [-0.15, -0.1) is 0 Å². The normalized spacial score (nSPS) is 15.1. The van der Waals surface area contributed by atoms with Crippen molar-refractivity contribution in [2.24, 2.45) is 0 Å². The van der Waals surface area contributed by atoms with Crippen molar-refractivity contribution in [2.45, 2.75) is 31.1 Å². The number of amides is 1. The second-order valence-electron chi connectivity index (χ2n) is 6.79. The van der Waals surface area contributed by atoms with Crippen molar-refractivity contribution < 1.29 is 4.79 Å². The van der Waals surface area contributed by atoms with Crippen LogP contribution in [0.25, 0.3) is 11.4 Å². The van der Waals surface area contributed by atoms with Gasteiger partial charge in [-0.1, -0.05) is 30.2 Å². The highest BCUT2D eigenvalue weighted by molar-refractivity contribution is 6.30. The van der Waals surface area contributed by atoms with Gasteiger partial charge in [0.25, 0.3) is 0 Å². The molecule has 1 fully saturated rings. The number of hydrogen-bond acceptors (Lipinski definition) is 4. The van der Waals surface area contributed by atoms with Crippen molar-refractivity contribution in [3.8, 4) is 11.4 Å². The number of H-pyrrole nitrogens is 1. The van der Waals surface area contributed by atoms with Crippen molar-refractivity contribution in [3.63, 3.8) is 0 Å². The lowest BCUT2D eigenvalue weighted by Gasteiger charge is -2.40. The topological polar surface area (TPSA) is 83.6 Å². The van der Waals surface area contributed by atoms with E-state index in [1.807, 2.05) is 36.4 Å². The fourth-order valence-electron chi connectivity index (χ4n) is 3.45. The van der Waals surface area contributed by atoms with Gasteiger partial charge >= 0.3 is 0 Å². The van der Waals surface area contributed by atoms with E-state index in [0.717, 1.165) is 36.2 Å². The minimum Gasteiger partial charge on any atom is -0.355 e. The SMILES string of the molecule is O=C(NCCc1nc(-c2ccncc2)n[nH]1)C1(c2ccc(Cl)cc2)CCC1. The van der Waals surface area contributed by atoms with Crippen LogP contribution in [0.4, 0.5) is 0 Å². The van der Waals surface area contributed by atoms with E-state index in [0.29, 0.717) is 23.8 Å². The molecule has 0 spiro atoms. The molecule has 1 aromatic carbocycles. The Labute approximate surface area is 162 Å². The molecule has 2 heterocycles. The van der Waals surface area contributed by atoms with Gasteiger partial charge in [0.2, 0.25) is 5.91 Å². The summed E-state index contributed by atoms with van der Waals surface area (Å²) in [6.07, 6.45) is 6.82. The molecule has 27 heavy (non-hydrogen) atoms. The highest BCUT2D eigenvalue weighted by Gasteiger charge is 2.45. The summed E-state index contributed by atoms with van der Waals surface area (Å²) in [5, 5.41) is 10.9. The second kappa shape index (κ2) is 7.48. The Kier molecular flexibility index (Phi) is 4.90. The van der Waals surface area contributed by atoms with E-state index >= 15 is 0 Å². The summed E-state index contributed by atoms with van der Waals surface area (Å²) < 4.78 is 0. The summed E-state index contributed by atoms with van der Waals surface area (Å²) in [5.74, 6) is 1.46. The van der Waals surface area contributed by atoms with E-state index in [9.17, 15) is 4.79 Å². The van der Waals surface area contributed by atoms with E-state index in [2.05, 4.69) is 25.5 Å². The molecule has 1 aliphatic rings. The first-order chi connectivity index (χ1) is 13.2.